The van der Waals surface area contributed by atoms with Crippen molar-refractivity contribution in [3.05, 3.63) is 121 Å². The number of benzene rings is 2. The molecule has 0 bridgehead atoms. The van der Waals surface area contributed by atoms with Crippen LogP contribution < -0.4 is 20.7 Å². The maximum atomic E-state index is 4.44. The van der Waals surface area contributed by atoms with E-state index in [4.69, 9.17) is 0 Å². The topological polar surface area (TPSA) is 106 Å². The summed E-state index contributed by atoms with van der Waals surface area (Å²) in [5.41, 5.74) is 2.41. The molecule has 4 aromatic heterocycles. The van der Waals surface area contributed by atoms with Crippen molar-refractivity contribution in [2.45, 2.75) is 52.4 Å². The smallest absolute Gasteiger partial charge is 0.441 e. The molecular weight excluding hydrogens is 821 g/mol. The fourth-order valence-corrected chi connectivity index (χ4v) is 5.62. The monoisotopic (exact) mass is 872 g/mol. The first-order valence-electron chi connectivity index (χ1n) is 16.0. The Labute approximate surface area is 308 Å². The van der Waals surface area contributed by atoms with Crippen LogP contribution in [0.3, 0.4) is 0 Å². The molecule has 0 fully saturated rings. The summed E-state index contributed by atoms with van der Waals surface area (Å²) < 4.78 is 0. The van der Waals surface area contributed by atoms with E-state index < -0.39 is 0 Å². The van der Waals surface area contributed by atoms with Crippen molar-refractivity contribution in [2.24, 2.45) is 0 Å². The molecule has 11 heteroatoms. The largest absolute Gasteiger partial charge is 2.00 e. The Balaban J connectivity index is 0.000000232. The second-order valence-corrected chi connectivity index (χ2v) is 18.7. The second kappa shape index (κ2) is 20.3. The molecule has 0 atom stereocenters. The molecule has 0 aliphatic rings. The Hall–Kier alpha value is -3.48. The first-order valence-corrected chi connectivity index (χ1v) is 21.0. The van der Waals surface area contributed by atoms with Crippen molar-refractivity contribution in [3.63, 3.8) is 0 Å². The Bertz CT molecular complexity index is 1600. The van der Waals surface area contributed by atoms with Crippen molar-refractivity contribution >= 4 is 26.5 Å². The Morgan fingerprint density at radius 1 is 0.571 bits per heavy atom. The van der Waals surface area contributed by atoms with Gasteiger partial charge in [0.1, 0.15) is 0 Å². The van der Waals surface area contributed by atoms with E-state index in [-0.39, 0.29) is 46.5 Å². The standard InChI is InChI=1S/2C11H13N4.2C8H11P.Os/c1-11(2,3)9-7-12-10(14-9)8-5-4-6-13-15-8;1-11(2,3)10-13-9(14-15-10)8-6-4-5-7-12-8;2*1-9(2)8-6-4-3-5-7-8;/h2*4-7H,1-3H3;2*3-7H,1-2H3;/q2*-1;;;+2/p+2. The number of imidazole rings is 1. The SMILES string of the molecule is CC(C)(C)c1c[n-]c(-c2cccnn2)n1.CC(C)(C)c1n[n-]c(-c2ccccn2)n1.C[PH+](C)c1ccccc1.C[PH+](C)c1ccccc1.[Os+2]. The molecule has 6 aromatic rings. The van der Waals surface area contributed by atoms with E-state index >= 15 is 0 Å². The van der Waals surface area contributed by atoms with Crippen molar-refractivity contribution in [3.8, 4) is 23.0 Å². The van der Waals surface area contributed by atoms with Crippen LogP contribution in [0.2, 0.25) is 0 Å². The van der Waals surface area contributed by atoms with Crippen LogP contribution in [0.15, 0.2) is 110 Å². The molecule has 8 nitrogen and oxygen atoms in total. The Morgan fingerprint density at radius 3 is 1.51 bits per heavy atom. The van der Waals surface area contributed by atoms with Crippen LogP contribution in [0.25, 0.3) is 23.0 Å². The molecule has 6 rings (SSSR count). The zero-order valence-electron chi connectivity index (χ0n) is 30.3. The zero-order valence-corrected chi connectivity index (χ0v) is 34.9. The van der Waals surface area contributed by atoms with Gasteiger partial charge < -0.3 is 20.1 Å². The van der Waals surface area contributed by atoms with Gasteiger partial charge in [0.2, 0.25) is 0 Å². The van der Waals surface area contributed by atoms with Gasteiger partial charge in [-0.25, -0.2) is 0 Å². The van der Waals surface area contributed by atoms with E-state index in [1.807, 2.05) is 30.3 Å². The van der Waals surface area contributed by atoms with E-state index in [1.165, 1.54) is 10.6 Å². The van der Waals surface area contributed by atoms with E-state index in [0.29, 0.717) is 17.3 Å². The van der Waals surface area contributed by atoms with Gasteiger partial charge >= 0.3 is 19.8 Å². The van der Waals surface area contributed by atoms with Gasteiger partial charge in [-0.15, -0.1) is 0 Å². The zero-order chi connectivity index (χ0) is 35.2. The molecule has 0 aliphatic heterocycles. The van der Waals surface area contributed by atoms with Gasteiger partial charge in [0.25, 0.3) is 0 Å². The summed E-state index contributed by atoms with van der Waals surface area (Å²) in [6.45, 7) is 21.7. The first-order chi connectivity index (χ1) is 22.8. The van der Waals surface area contributed by atoms with Gasteiger partial charge in [0.05, 0.1) is 48.7 Å². The normalized spacial score (nSPS) is 10.9. The minimum atomic E-state index is -0.212. The summed E-state index contributed by atoms with van der Waals surface area (Å²) in [5.74, 6) is 2.00. The quantitative estimate of drug-likeness (QED) is 0.172. The van der Waals surface area contributed by atoms with Crippen LogP contribution in [-0.2, 0) is 30.6 Å². The van der Waals surface area contributed by atoms with Crippen LogP contribution >= 0.6 is 15.8 Å². The molecule has 0 N–H and O–H groups in total. The number of nitrogens with zero attached hydrogens (tertiary/aromatic N) is 8. The van der Waals surface area contributed by atoms with E-state index in [1.54, 1.807) is 18.6 Å². The van der Waals surface area contributed by atoms with Crippen molar-refractivity contribution in [1.29, 1.82) is 0 Å². The summed E-state index contributed by atoms with van der Waals surface area (Å²) in [6, 6.07) is 30.7. The summed E-state index contributed by atoms with van der Waals surface area (Å²) in [5, 5.41) is 18.9. The van der Waals surface area contributed by atoms with Crippen LogP contribution in [-0.4, -0.2) is 56.9 Å². The fraction of sp³-hybridized carbons (Fsp3) is 0.316. The molecule has 0 aliphatic carbocycles. The van der Waals surface area contributed by atoms with E-state index in [2.05, 4.69) is 169 Å². The second-order valence-electron chi connectivity index (χ2n) is 13.6. The maximum Gasteiger partial charge on any atom is 2.00 e. The van der Waals surface area contributed by atoms with Gasteiger partial charge in [0, 0.05) is 39.5 Å². The van der Waals surface area contributed by atoms with Crippen molar-refractivity contribution in [2.75, 3.05) is 26.7 Å². The molecule has 258 valence electrons. The van der Waals surface area contributed by atoms with Crippen LogP contribution in [0.1, 0.15) is 53.1 Å². The average molecular weight is 871 g/mol. The summed E-state index contributed by atoms with van der Waals surface area (Å²) in [7, 11) is -0.424. The first kappa shape index (κ1) is 41.7. The molecule has 0 saturated heterocycles. The molecule has 0 radical (unpaired) electrons. The average Bonchev–Trinajstić information content (AvgIpc) is 3.79. The predicted molar refractivity (Wildman–Crippen MR) is 207 cm³/mol. The number of aromatic nitrogens is 8. The van der Waals surface area contributed by atoms with Gasteiger partial charge in [-0.1, -0.05) is 95.9 Å². The molecule has 0 amide bonds. The van der Waals surface area contributed by atoms with E-state index in [9.17, 15) is 0 Å². The molecule has 0 saturated carbocycles. The molecule has 2 aromatic carbocycles. The van der Waals surface area contributed by atoms with Gasteiger partial charge in [-0.3, -0.25) is 10.1 Å². The fourth-order valence-electron chi connectivity index (χ4n) is 3.90. The Morgan fingerprint density at radius 2 is 1.12 bits per heavy atom. The van der Waals surface area contributed by atoms with Crippen molar-refractivity contribution in [1.82, 2.24) is 40.3 Å². The van der Waals surface area contributed by atoms with E-state index in [0.717, 1.165) is 17.2 Å². The molecule has 49 heavy (non-hydrogen) atoms. The third-order valence-electron chi connectivity index (χ3n) is 6.82. The summed E-state index contributed by atoms with van der Waals surface area (Å²) in [4.78, 5) is 17.2. The number of hydrogen-bond donors (Lipinski definition) is 0. The maximum absolute atomic E-state index is 4.44. The third-order valence-corrected chi connectivity index (χ3v) is 9.80. The Kier molecular flexibility index (Phi) is 17.2. The molecule has 4 heterocycles. The molecular formula is C38H50N8OsP2+2. The number of rotatable bonds is 4. The number of hydrogen-bond acceptors (Lipinski definition) is 6. The molecule has 0 unspecified atom stereocenters. The van der Waals surface area contributed by atoms with Crippen LogP contribution in [0.5, 0.6) is 0 Å². The van der Waals surface area contributed by atoms with Gasteiger partial charge in [-0.05, 0) is 65.6 Å². The van der Waals surface area contributed by atoms with Crippen LogP contribution in [0.4, 0.5) is 0 Å². The molecule has 0 spiro atoms. The van der Waals surface area contributed by atoms with Gasteiger partial charge in [0.15, 0.2) is 0 Å². The van der Waals surface area contributed by atoms with Gasteiger partial charge in [-0.2, -0.15) is 10.2 Å². The third kappa shape index (κ3) is 14.5. The minimum Gasteiger partial charge on any atom is -0.441 e. The number of pyridine rings is 1. The van der Waals surface area contributed by atoms with Crippen molar-refractivity contribution < 1.29 is 19.8 Å². The minimum absolute atomic E-state index is 0. The van der Waals surface area contributed by atoms with Crippen LogP contribution in [0, 0.1) is 0 Å². The summed E-state index contributed by atoms with van der Waals surface area (Å²) in [6.07, 6.45) is 5.16. The predicted octanol–water partition coefficient (Wildman–Crippen LogP) is 7.16. The summed E-state index contributed by atoms with van der Waals surface area (Å²) >= 11 is 0.